The quantitative estimate of drug-likeness (QED) is 0.661. The maximum Gasteiger partial charge on any atom is 0.00617 e. The molecule has 0 fully saturated rings. The maximum absolute atomic E-state index is 2.43. The number of rotatable bonds is 2. The molecular formula is C20H22. The Bertz CT molecular complexity index is 593. The Morgan fingerprint density at radius 1 is 0.950 bits per heavy atom. The molecule has 0 N–H and O–H groups in total. The van der Waals surface area contributed by atoms with Crippen LogP contribution in [0.2, 0.25) is 0 Å². The summed E-state index contributed by atoms with van der Waals surface area (Å²) in [6, 6.07) is 8.95. The topological polar surface area (TPSA) is 0 Å². The lowest BCUT2D eigenvalue weighted by molar-refractivity contribution is 0.731. The molecule has 2 unspecified atom stereocenters. The van der Waals surface area contributed by atoms with Crippen LogP contribution < -0.4 is 0 Å². The molecule has 0 saturated heterocycles. The number of aryl methyl sites for hydroxylation is 1. The number of benzene rings is 1. The molecule has 0 heteroatoms. The minimum atomic E-state index is 0.518. The predicted molar refractivity (Wildman–Crippen MR) is 86.8 cm³/mol. The Morgan fingerprint density at radius 2 is 1.75 bits per heavy atom. The van der Waals surface area contributed by atoms with Gasteiger partial charge < -0.3 is 0 Å². The second-order valence-corrected chi connectivity index (χ2v) is 6.01. The third-order valence-corrected chi connectivity index (χ3v) is 4.22. The van der Waals surface area contributed by atoms with Crippen LogP contribution in [0.4, 0.5) is 0 Å². The third kappa shape index (κ3) is 2.85. The van der Waals surface area contributed by atoms with Crippen molar-refractivity contribution in [3.63, 3.8) is 0 Å². The van der Waals surface area contributed by atoms with E-state index in [4.69, 9.17) is 0 Å². The maximum atomic E-state index is 2.43. The molecule has 1 aromatic carbocycles. The summed E-state index contributed by atoms with van der Waals surface area (Å²) < 4.78 is 0. The van der Waals surface area contributed by atoms with E-state index in [0.717, 1.165) is 12.8 Å². The monoisotopic (exact) mass is 262 g/mol. The summed E-state index contributed by atoms with van der Waals surface area (Å²) in [4.78, 5) is 0. The fraction of sp³-hybridized carbons (Fsp3) is 0.300. The van der Waals surface area contributed by atoms with Crippen LogP contribution in [0.25, 0.3) is 0 Å². The van der Waals surface area contributed by atoms with Gasteiger partial charge in [0.1, 0.15) is 0 Å². The molecule has 0 saturated carbocycles. The van der Waals surface area contributed by atoms with E-state index in [1.165, 1.54) is 22.3 Å². The number of allylic oxidation sites excluding steroid dienone is 8. The van der Waals surface area contributed by atoms with Crippen molar-refractivity contribution in [2.45, 2.75) is 32.6 Å². The van der Waals surface area contributed by atoms with Crippen molar-refractivity contribution in [2.75, 3.05) is 0 Å². The molecule has 2 atom stereocenters. The molecule has 0 aliphatic heterocycles. The molecule has 0 nitrogen and oxygen atoms in total. The minimum absolute atomic E-state index is 0.518. The molecule has 0 radical (unpaired) electrons. The zero-order valence-electron chi connectivity index (χ0n) is 12.3. The second-order valence-electron chi connectivity index (χ2n) is 6.01. The summed E-state index contributed by atoms with van der Waals surface area (Å²) in [6.07, 6.45) is 16.3. The summed E-state index contributed by atoms with van der Waals surface area (Å²) in [5.41, 5.74) is 5.52. The van der Waals surface area contributed by atoms with E-state index >= 15 is 0 Å². The van der Waals surface area contributed by atoms with Gasteiger partial charge in [-0.1, -0.05) is 73.2 Å². The first-order valence-electron chi connectivity index (χ1n) is 7.56. The van der Waals surface area contributed by atoms with Gasteiger partial charge >= 0.3 is 0 Å². The molecule has 102 valence electrons. The fourth-order valence-corrected chi connectivity index (χ4v) is 2.86. The molecule has 1 aromatic rings. The fourth-order valence-electron chi connectivity index (χ4n) is 2.86. The van der Waals surface area contributed by atoms with Crippen molar-refractivity contribution in [3.05, 3.63) is 83.0 Å². The standard InChI is InChI=1S/C20H22/c1-15-6-10-17(11-7-15)19-4-3-5-20(14-19)18-12-8-16(2)9-13-18/h3-4,6,8-15,20H,5,7H2,1-2H3. The van der Waals surface area contributed by atoms with Crippen LogP contribution in [0, 0.1) is 12.8 Å². The second kappa shape index (κ2) is 5.66. The smallest absolute Gasteiger partial charge is 0.00617 e. The van der Waals surface area contributed by atoms with E-state index in [0.29, 0.717) is 11.8 Å². The van der Waals surface area contributed by atoms with Gasteiger partial charge in [0.05, 0.1) is 0 Å². The molecule has 2 aliphatic carbocycles. The summed E-state index contributed by atoms with van der Waals surface area (Å²) in [5.74, 6) is 1.20. The Balaban J connectivity index is 1.84. The molecule has 0 bridgehead atoms. The highest BCUT2D eigenvalue weighted by molar-refractivity contribution is 5.51. The van der Waals surface area contributed by atoms with Crippen molar-refractivity contribution in [2.24, 2.45) is 5.92 Å². The minimum Gasteiger partial charge on any atom is -0.0830 e. The molecule has 0 aromatic heterocycles. The lowest BCUT2D eigenvalue weighted by Gasteiger charge is -2.20. The van der Waals surface area contributed by atoms with E-state index in [9.17, 15) is 0 Å². The Kier molecular flexibility index (Phi) is 3.73. The van der Waals surface area contributed by atoms with E-state index in [-0.39, 0.29) is 0 Å². The Labute approximate surface area is 122 Å². The van der Waals surface area contributed by atoms with E-state index in [1.54, 1.807) is 0 Å². The van der Waals surface area contributed by atoms with Gasteiger partial charge in [-0.15, -0.1) is 0 Å². The van der Waals surface area contributed by atoms with Gasteiger partial charge in [0.25, 0.3) is 0 Å². The average Bonchev–Trinajstić information content (AvgIpc) is 2.49. The van der Waals surface area contributed by atoms with Gasteiger partial charge in [-0.05, 0) is 42.4 Å². The van der Waals surface area contributed by atoms with Gasteiger partial charge in [0.2, 0.25) is 0 Å². The van der Waals surface area contributed by atoms with E-state index in [1.807, 2.05) is 0 Å². The summed E-state index contributed by atoms with van der Waals surface area (Å²) >= 11 is 0. The van der Waals surface area contributed by atoms with Crippen LogP contribution in [0.15, 0.2) is 71.9 Å². The SMILES string of the molecule is Cc1ccc(C2C=C(C3=CCC(C)C=C3)C=CC2)cc1. The van der Waals surface area contributed by atoms with Gasteiger partial charge in [-0.3, -0.25) is 0 Å². The van der Waals surface area contributed by atoms with Crippen molar-refractivity contribution >= 4 is 0 Å². The first-order chi connectivity index (χ1) is 9.72. The van der Waals surface area contributed by atoms with Crippen LogP contribution >= 0.6 is 0 Å². The van der Waals surface area contributed by atoms with Crippen molar-refractivity contribution in [3.8, 4) is 0 Å². The van der Waals surface area contributed by atoms with Gasteiger partial charge in [-0.25, -0.2) is 0 Å². The third-order valence-electron chi connectivity index (χ3n) is 4.22. The van der Waals surface area contributed by atoms with Crippen LogP contribution in [0.1, 0.15) is 36.8 Å². The average molecular weight is 262 g/mol. The van der Waals surface area contributed by atoms with Crippen LogP contribution in [-0.4, -0.2) is 0 Å². The predicted octanol–water partition coefficient (Wildman–Crippen LogP) is 5.49. The Morgan fingerprint density at radius 3 is 2.45 bits per heavy atom. The number of hydrogen-bond donors (Lipinski definition) is 0. The molecule has 3 rings (SSSR count). The van der Waals surface area contributed by atoms with Crippen molar-refractivity contribution in [1.82, 2.24) is 0 Å². The van der Waals surface area contributed by atoms with Gasteiger partial charge in [0.15, 0.2) is 0 Å². The van der Waals surface area contributed by atoms with Crippen LogP contribution in [-0.2, 0) is 0 Å². The molecule has 2 aliphatic rings. The van der Waals surface area contributed by atoms with Crippen LogP contribution in [0.3, 0.4) is 0 Å². The van der Waals surface area contributed by atoms with E-state index in [2.05, 4.69) is 74.6 Å². The van der Waals surface area contributed by atoms with Gasteiger partial charge in [-0.2, -0.15) is 0 Å². The summed E-state index contributed by atoms with van der Waals surface area (Å²) in [5, 5.41) is 0. The Hall–Kier alpha value is -1.82. The normalized spacial score (nSPS) is 25.3. The molecular weight excluding hydrogens is 240 g/mol. The lowest BCUT2D eigenvalue weighted by atomic mass is 9.85. The largest absolute Gasteiger partial charge is 0.0830 e. The highest BCUT2D eigenvalue weighted by atomic mass is 14.2. The molecule has 0 amide bonds. The number of hydrogen-bond acceptors (Lipinski definition) is 0. The summed E-state index contributed by atoms with van der Waals surface area (Å²) in [7, 11) is 0. The zero-order chi connectivity index (χ0) is 13.9. The lowest BCUT2D eigenvalue weighted by Crippen LogP contribution is -2.02. The zero-order valence-corrected chi connectivity index (χ0v) is 12.3. The highest BCUT2D eigenvalue weighted by Gasteiger charge is 2.14. The highest BCUT2D eigenvalue weighted by Crippen LogP contribution is 2.32. The van der Waals surface area contributed by atoms with Crippen molar-refractivity contribution in [1.29, 1.82) is 0 Å². The van der Waals surface area contributed by atoms with Crippen molar-refractivity contribution < 1.29 is 0 Å². The first kappa shape index (κ1) is 13.2. The van der Waals surface area contributed by atoms with Crippen LogP contribution in [0.5, 0.6) is 0 Å². The molecule has 20 heavy (non-hydrogen) atoms. The molecule has 0 heterocycles. The molecule has 0 spiro atoms. The summed E-state index contributed by atoms with van der Waals surface area (Å²) in [6.45, 7) is 4.41. The first-order valence-corrected chi connectivity index (χ1v) is 7.56. The van der Waals surface area contributed by atoms with E-state index < -0.39 is 0 Å². The van der Waals surface area contributed by atoms with Gasteiger partial charge in [0, 0.05) is 5.92 Å².